The van der Waals surface area contributed by atoms with Crippen LogP contribution in [-0.4, -0.2) is 8.42 Å². The van der Waals surface area contributed by atoms with Crippen LogP contribution in [0.3, 0.4) is 0 Å². The van der Waals surface area contributed by atoms with Gasteiger partial charge in [-0.3, -0.25) is 4.72 Å². The second-order valence-electron chi connectivity index (χ2n) is 4.10. The van der Waals surface area contributed by atoms with Gasteiger partial charge in [-0.15, -0.1) is 0 Å². The lowest BCUT2D eigenvalue weighted by atomic mass is 10.2. The van der Waals surface area contributed by atoms with Crippen molar-refractivity contribution < 1.29 is 12.8 Å². The summed E-state index contributed by atoms with van der Waals surface area (Å²) in [4.78, 5) is -0.293. The van der Waals surface area contributed by atoms with Gasteiger partial charge in [0.25, 0.3) is 10.0 Å². The lowest BCUT2D eigenvalue weighted by Gasteiger charge is -2.10. The molecule has 2 rings (SSSR count). The van der Waals surface area contributed by atoms with E-state index in [2.05, 4.69) is 4.72 Å². The third kappa shape index (κ3) is 3.24. The fourth-order valence-electron chi connectivity index (χ4n) is 1.64. The van der Waals surface area contributed by atoms with Crippen LogP contribution in [0.1, 0.15) is 5.56 Å². The number of nitrogen functional groups attached to an aromatic ring is 1. The summed E-state index contributed by atoms with van der Waals surface area (Å²) in [7, 11) is -4.14. The van der Waals surface area contributed by atoms with Crippen LogP contribution in [0.25, 0.3) is 0 Å². The number of nitrogens with zero attached hydrogens (tertiary/aromatic N) is 1. The maximum Gasteiger partial charge on any atom is 0.263 e. The first-order chi connectivity index (χ1) is 9.83. The van der Waals surface area contributed by atoms with Crippen molar-refractivity contribution in [2.75, 3.05) is 10.5 Å². The molecule has 0 aliphatic rings. The molecule has 0 bridgehead atoms. The van der Waals surface area contributed by atoms with Crippen LogP contribution >= 0.6 is 11.6 Å². The Labute approximate surface area is 125 Å². The predicted octanol–water partition coefficient (Wildman–Crippen LogP) is 2.73. The number of anilines is 2. The molecule has 3 N–H and O–H groups in total. The first-order valence-corrected chi connectivity index (χ1v) is 7.47. The van der Waals surface area contributed by atoms with E-state index >= 15 is 0 Å². The highest BCUT2D eigenvalue weighted by Gasteiger charge is 2.20. The smallest absolute Gasteiger partial charge is 0.263 e. The SMILES string of the molecule is N#Cc1cc(N)ccc1S(=O)(=O)Nc1cc(Cl)ccc1F. The molecule has 5 nitrogen and oxygen atoms in total. The molecule has 0 aliphatic heterocycles. The summed E-state index contributed by atoms with van der Waals surface area (Å²) < 4.78 is 40.1. The molecule has 0 aliphatic carbocycles. The van der Waals surface area contributed by atoms with Crippen molar-refractivity contribution in [2.24, 2.45) is 0 Å². The topological polar surface area (TPSA) is 96.0 Å². The monoisotopic (exact) mass is 325 g/mol. The molecule has 0 saturated carbocycles. The third-order valence-electron chi connectivity index (χ3n) is 2.59. The molecule has 0 spiro atoms. The van der Waals surface area contributed by atoms with Crippen LogP contribution in [-0.2, 0) is 10.0 Å². The molecule has 2 aromatic carbocycles. The van der Waals surface area contributed by atoms with E-state index in [9.17, 15) is 12.8 Å². The van der Waals surface area contributed by atoms with Gasteiger partial charge in [0.1, 0.15) is 16.8 Å². The van der Waals surface area contributed by atoms with E-state index in [0.29, 0.717) is 0 Å². The number of rotatable bonds is 3. The zero-order valence-corrected chi connectivity index (χ0v) is 12.0. The average molecular weight is 326 g/mol. The fourth-order valence-corrected chi connectivity index (χ4v) is 3.01. The van der Waals surface area contributed by atoms with Gasteiger partial charge in [0.15, 0.2) is 0 Å². The minimum atomic E-state index is -4.14. The number of benzene rings is 2. The molecule has 8 heteroatoms. The van der Waals surface area contributed by atoms with E-state index in [-0.39, 0.29) is 26.9 Å². The first-order valence-electron chi connectivity index (χ1n) is 5.61. The highest BCUT2D eigenvalue weighted by molar-refractivity contribution is 7.92. The number of nitriles is 1. The molecule has 0 amide bonds. The quantitative estimate of drug-likeness (QED) is 0.848. The molecule has 0 atom stereocenters. The number of hydrogen-bond acceptors (Lipinski definition) is 4. The molecule has 108 valence electrons. The van der Waals surface area contributed by atoms with Crippen molar-refractivity contribution in [3.63, 3.8) is 0 Å². The second-order valence-corrected chi connectivity index (χ2v) is 6.18. The van der Waals surface area contributed by atoms with E-state index in [1.165, 1.54) is 24.3 Å². The molecule has 0 radical (unpaired) electrons. The zero-order valence-electron chi connectivity index (χ0n) is 10.5. The maximum atomic E-state index is 13.6. The summed E-state index contributed by atoms with van der Waals surface area (Å²) in [5.41, 5.74) is 5.31. The molecule has 0 aromatic heterocycles. The summed E-state index contributed by atoms with van der Waals surface area (Å²) in [6.07, 6.45) is 0. The van der Waals surface area contributed by atoms with Gasteiger partial charge >= 0.3 is 0 Å². The summed E-state index contributed by atoms with van der Waals surface area (Å²) in [6, 6.07) is 8.94. The number of hydrogen-bond donors (Lipinski definition) is 2. The Kier molecular flexibility index (Phi) is 4.02. The molecule has 0 unspecified atom stereocenters. The van der Waals surface area contributed by atoms with Gasteiger partial charge in [-0.1, -0.05) is 11.6 Å². The van der Waals surface area contributed by atoms with Gasteiger partial charge in [0.05, 0.1) is 11.3 Å². The summed E-state index contributed by atoms with van der Waals surface area (Å²) >= 11 is 5.70. The molecule has 0 fully saturated rings. The number of nitrogens with two attached hydrogens (primary N) is 1. The summed E-state index contributed by atoms with van der Waals surface area (Å²) in [5.74, 6) is -0.781. The third-order valence-corrected chi connectivity index (χ3v) is 4.25. The van der Waals surface area contributed by atoms with Crippen LogP contribution in [0.5, 0.6) is 0 Å². The van der Waals surface area contributed by atoms with Crippen molar-refractivity contribution in [3.8, 4) is 6.07 Å². The molecule has 2 aromatic rings. The Morgan fingerprint density at radius 2 is 1.95 bits per heavy atom. The molecule has 0 heterocycles. The van der Waals surface area contributed by atoms with Gasteiger partial charge < -0.3 is 5.73 Å². The zero-order chi connectivity index (χ0) is 15.6. The average Bonchev–Trinajstić information content (AvgIpc) is 2.42. The normalized spacial score (nSPS) is 10.9. The van der Waals surface area contributed by atoms with Crippen molar-refractivity contribution in [1.82, 2.24) is 0 Å². The lowest BCUT2D eigenvalue weighted by molar-refractivity contribution is 0.598. The Balaban J connectivity index is 2.49. The molecular weight excluding hydrogens is 317 g/mol. The number of halogens is 2. The fraction of sp³-hybridized carbons (Fsp3) is 0. The first kappa shape index (κ1) is 15.1. The van der Waals surface area contributed by atoms with Crippen molar-refractivity contribution >= 4 is 33.0 Å². The van der Waals surface area contributed by atoms with E-state index in [1.54, 1.807) is 6.07 Å². The van der Waals surface area contributed by atoms with Crippen LogP contribution in [0, 0.1) is 17.1 Å². The molecule has 0 saturated heterocycles. The Morgan fingerprint density at radius 3 is 2.62 bits per heavy atom. The van der Waals surface area contributed by atoms with E-state index in [0.717, 1.165) is 12.1 Å². The van der Waals surface area contributed by atoms with Crippen LogP contribution in [0.4, 0.5) is 15.8 Å². The van der Waals surface area contributed by atoms with Gasteiger partial charge in [0.2, 0.25) is 0 Å². The molecular formula is C13H9ClFN3O2S. The Morgan fingerprint density at radius 1 is 1.24 bits per heavy atom. The molecule has 21 heavy (non-hydrogen) atoms. The Hall–Kier alpha value is -2.30. The summed E-state index contributed by atoms with van der Waals surface area (Å²) in [5, 5.41) is 9.15. The predicted molar refractivity (Wildman–Crippen MR) is 77.8 cm³/mol. The minimum Gasteiger partial charge on any atom is -0.399 e. The van der Waals surface area contributed by atoms with Gasteiger partial charge in [-0.2, -0.15) is 5.26 Å². The highest BCUT2D eigenvalue weighted by Crippen LogP contribution is 2.25. The van der Waals surface area contributed by atoms with Gasteiger partial charge in [-0.25, -0.2) is 12.8 Å². The van der Waals surface area contributed by atoms with Gasteiger partial charge in [-0.05, 0) is 36.4 Å². The second kappa shape index (κ2) is 5.60. The maximum absolute atomic E-state index is 13.6. The Bertz CT molecular complexity index is 847. The van der Waals surface area contributed by atoms with Gasteiger partial charge in [0, 0.05) is 10.7 Å². The largest absolute Gasteiger partial charge is 0.399 e. The van der Waals surface area contributed by atoms with Crippen LogP contribution < -0.4 is 10.5 Å². The van der Waals surface area contributed by atoms with Crippen LogP contribution in [0.15, 0.2) is 41.3 Å². The highest BCUT2D eigenvalue weighted by atomic mass is 35.5. The van der Waals surface area contributed by atoms with E-state index in [4.69, 9.17) is 22.6 Å². The minimum absolute atomic E-state index is 0.134. The number of sulfonamides is 1. The lowest BCUT2D eigenvalue weighted by Crippen LogP contribution is -2.15. The number of nitrogens with one attached hydrogen (secondary N) is 1. The van der Waals surface area contributed by atoms with Crippen molar-refractivity contribution in [2.45, 2.75) is 4.90 Å². The van der Waals surface area contributed by atoms with Crippen molar-refractivity contribution in [3.05, 3.63) is 52.8 Å². The van der Waals surface area contributed by atoms with Crippen molar-refractivity contribution in [1.29, 1.82) is 5.26 Å². The summed E-state index contributed by atoms with van der Waals surface area (Å²) in [6.45, 7) is 0. The van der Waals surface area contributed by atoms with E-state index in [1.807, 2.05) is 0 Å². The van der Waals surface area contributed by atoms with Crippen LogP contribution in [0.2, 0.25) is 5.02 Å². The van der Waals surface area contributed by atoms with E-state index < -0.39 is 15.8 Å². The standard InChI is InChI=1S/C13H9ClFN3O2S/c14-9-1-3-11(15)12(6-9)18-21(19,20)13-4-2-10(17)5-8(13)7-16/h1-6,18H,17H2.